The lowest BCUT2D eigenvalue weighted by Crippen LogP contribution is -2.27. The summed E-state index contributed by atoms with van der Waals surface area (Å²) in [6, 6.07) is 0. The molecular weight excluding hydrogens is 236 g/mol. The van der Waals surface area contributed by atoms with E-state index in [-0.39, 0.29) is 0 Å². The summed E-state index contributed by atoms with van der Waals surface area (Å²) in [5, 5.41) is 7.73. The standard InChI is InChI=1S/C15H28N4/c1-3-9-19-15(17-12-18-19)10-13-7-5-4-6-8-14(13)11-16-2/h12-14,16H,3-11H2,1-2H3. The summed E-state index contributed by atoms with van der Waals surface area (Å²) in [4.78, 5) is 4.49. The van der Waals surface area contributed by atoms with Gasteiger partial charge in [0, 0.05) is 13.0 Å². The smallest absolute Gasteiger partial charge is 0.138 e. The summed E-state index contributed by atoms with van der Waals surface area (Å²) in [7, 11) is 2.07. The SMILES string of the molecule is CCCn1ncnc1CC1CCCCCC1CNC. The topological polar surface area (TPSA) is 42.7 Å². The van der Waals surface area contributed by atoms with E-state index in [1.807, 2.05) is 0 Å². The van der Waals surface area contributed by atoms with E-state index in [1.165, 1.54) is 37.9 Å². The van der Waals surface area contributed by atoms with Gasteiger partial charge in [-0.1, -0.05) is 26.2 Å². The molecule has 0 radical (unpaired) electrons. The van der Waals surface area contributed by atoms with E-state index in [9.17, 15) is 0 Å². The predicted molar refractivity (Wildman–Crippen MR) is 78.0 cm³/mol. The van der Waals surface area contributed by atoms with Gasteiger partial charge >= 0.3 is 0 Å². The molecule has 4 heteroatoms. The molecule has 1 aliphatic rings. The van der Waals surface area contributed by atoms with Gasteiger partial charge in [0.1, 0.15) is 12.2 Å². The molecule has 0 aliphatic heterocycles. The molecule has 0 spiro atoms. The molecule has 4 nitrogen and oxygen atoms in total. The van der Waals surface area contributed by atoms with Gasteiger partial charge in [-0.2, -0.15) is 5.10 Å². The van der Waals surface area contributed by atoms with Crippen LogP contribution in [0, 0.1) is 11.8 Å². The zero-order valence-corrected chi connectivity index (χ0v) is 12.4. The monoisotopic (exact) mass is 264 g/mol. The van der Waals surface area contributed by atoms with E-state index in [4.69, 9.17) is 0 Å². The molecular formula is C15H28N4. The Labute approximate surface area is 117 Å². The van der Waals surface area contributed by atoms with Gasteiger partial charge in [-0.05, 0) is 44.7 Å². The number of aryl methyl sites for hydroxylation is 1. The van der Waals surface area contributed by atoms with Crippen LogP contribution in [0.25, 0.3) is 0 Å². The van der Waals surface area contributed by atoms with Crippen molar-refractivity contribution in [3.8, 4) is 0 Å². The highest BCUT2D eigenvalue weighted by atomic mass is 15.3. The Bertz CT molecular complexity index is 361. The minimum Gasteiger partial charge on any atom is -0.319 e. The average Bonchev–Trinajstić information content (AvgIpc) is 2.71. The zero-order chi connectivity index (χ0) is 13.5. The third-order valence-electron chi connectivity index (χ3n) is 4.36. The first-order valence-electron chi connectivity index (χ1n) is 7.86. The Morgan fingerprint density at radius 1 is 1.26 bits per heavy atom. The molecule has 1 aliphatic carbocycles. The number of aromatic nitrogens is 3. The van der Waals surface area contributed by atoms with Crippen molar-refractivity contribution in [2.24, 2.45) is 11.8 Å². The second-order valence-electron chi connectivity index (χ2n) is 5.82. The maximum Gasteiger partial charge on any atom is 0.138 e. The Kier molecular flexibility index (Phi) is 5.83. The van der Waals surface area contributed by atoms with Crippen LogP contribution in [0.5, 0.6) is 0 Å². The van der Waals surface area contributed by atoms with Crippen LogP contribution in [0.4, 0.5) is 0 Å². The molecule has 1 saturated carbocycles. The molecule has 1 N–H and O–H groups in total. The summed E-state index contributed by atoms with van der Waals surface area (Å²) in [5.41, 5.74) is 0. The third kappa shape index (κ3) is 4.03. The molecule has 1 heterocycles. The van der Waals surface area contributed by atoms with Gasteiger partial charge in [0.05, 0.1) is 0 Å². The van der Waals surface area contributed by atoms with Gasteiger partial charge in [-0.3, -0.25) is 4.68 Å². The third-order valence-corrected chi connectivity index (χ3v) is 4.36. The van der Waals surface area contributed by atoms with Gasteiger partial charge in [-0.15, -0.1) is 0 Å². The van der Waals surface area contributed by atoms with Crippen LogP contribution in [0.3, 0.4) is 0 Å². The Morgan fingerprint density at radius 2 is 2.05 bits per heavy atom. The predicted octanol–water partition coefficient (Wildman–Crippen LogP) is 2.65. The molecule has 1 fully saturated rings. The minimum absolute atomic E-state index is 0.773. The summed E-state index contributed by atoms with van der Waals surface area (Å²) in [6.45, 7) is 4.34. The van der Waals surface area contributed by atoms with Crippen molar-refractivity contribution < 1.29 is 0 Å². The maximum absolute atomic E-state index is 4.49. The lowest BCUT2D eigenvalue weighted by molar-refractivity contribution is 0.295. The number of nitrogens with one attached hydrogen (secondary N) is 1. The first-order chi connectivity index (χ1) is 9.35. The molecule has 19 heavy (non-hydrogen) atoms. The van der Waals surface area contributed by atoms with E-state index in [0.717, 1.165) is 37.8 Å². The van der Waals surface area contributed by atoms with Crippen molar-refractivity contribution in [2.75, 3.05) is 13.6 Å². The zero-order valence-electron chi connectivity index (χ0n) is 12.4. The second-order valence-corrected chi connectivity index (χ2v) is 5.82. The molecule has 0 amide bonds. The molecule has 2 unspecified atom stereocenters. The molecule has 2 atom stereocenters. The first-order valence-corrected chi connectivity index (χ1v) is 7.86. The second kappa shape index (κ2) is 7.63. The van der Waals surface area contributed by atoms with Crippen LogP contribution in [0.15, 0.2) is 6.33 Å². The van der Waals surface area contributed by atoms with Crippen LogP contribution in [-0.4, -0.2) is 28.4 Å². The van der Waals surface area contributed by atoms with Crippen LogP contribution in [-0.2, 0) is 13.0 Å². The maximum atomic E-state index is 4.49. The molecule has 2 rings (SSSR count). The lowest BCUT2D eigenvalue weighted by atomic mass is 9.85. The van der Waals surface area contributed by atoms with Crippen molar-refractivity contribution in [3.63, 3.8) is 0 Å². The summed E-state index contributed by atoms with van der Waals surface area (Å²) >= 11 is 0. The minimum atomic E-state index is 0.773. The largest absolute Gasteiger partial charge is 0.319 e. The van der Waals surface area contributed by atoms with Crippen LogP contribution in [0.1, 0.15) is 51.3 Å². The number of hydrogen-bond donors (Lipinski definition) is 1. The van der Waals surface area contributed by atoms with E-state index in [0.29, 0.717) is 0 Å². The Hall–Kier alpha value is -0.900. The van der Waals surface area contributed by atoms with Crippen LogP contribution < -0.4 is 5.32 Å². The highest BCUT2D eigenvalue weighted by Gasteiger charge is 2.24. The van der Waals surface area contributed by atoms with Crippen molar-refractivity contribution in [3.05, 3.63) is 12.2 Å². The Morgan fingerprint density at radius 3 is 2.79 bits per heavy atom. The number of hydrogen-bond acceptors (Lipinski definition) is 3. The van der Waals surface area contributed by atoms with E-state index >= 15 is 0 Å². The van der Waals surface area contributed by atoms with Gasteiger partial charge < -0.3 is 5.32 Å². The van der Waals surface area contributed by atoms with Crippen molar-refractivity contribution >= 4 is 0 Å². The van der Waals surface area contributed by atoms with Crippen molar-refractivity contribution in [2.45, 2.75) is 58.4 Å². The molecule has 1 aromatic rings. The van der Waals surface area contributed by atoms with Gasteiger partial charge in [0.2, 0.25) is 0 Å². The highest BCUT2D eigenvalue weighted by molar-refractivity contribution is 4.90. The normalized spacial score (nSPS) is 24.3. The quantitative estimate of drug-likeness (QED) is 0.803. The molecule has 0 saturated heterocycles. The number of nitrogens with zero attached hydrogens (tertiary/aromatic N) is 3. The fourth-order valence-corrected chi connectivity index (χ4v) is 3.34. The van der Waals surface area contributed by atoms with E-state index in [1.54, 1.807) is 6.33 Å². The fourth-order valence-electron chi connectivity index (χ4n) is 3.34. The van der Waals surface area contributed by atoms with Gasteiger partial charge in [-0.25, -0.2) is 4.98 Å². The van der Waals surface area contributed by atoms with Crippen molar-refractivity contribution in [1.29, 1.82) is 0 Å². The summed E-state index contributed by atoms with van der Waals surface area (Å²) < 4.78 is 2.10. The summed E-state index contributed by atoms with van der Waals surface area (Å²) in [5.74, 6) is 2.77. The molecule has 108 valence electrons. The summed E-state index contributed by atoms with van der Waals surface area (Å²) in [6.07, 6.45) is 10.8. The fraction of sp³-hybridized carbons (Fsp3) is 0.867. The van der Waals surface area contributed by atoms with Crippen LogP contribution >= 0.6 is 0 Å². The molecule has 1 aromatic heterocycles. The van der Waals surface area contributed by atoms with Gasteiger partial charge in [0.15, 0.2) is 0 Å². The van der Waals surface area contributed by atoms with Gasteiger partial charge in [0.25, 0.3) is 0 Å². The van der Waals surface area contributed by atoms with E-state index in [2.05, 4.69) is 34.1 Å². The average molecular weight is 264 g/mol. The molecule has 0 bridgehead atoms. The first kappa shape index (κ1) is 14.5. The van der Waals surface area contributed by atoms with Crippen LogP contribution in [0.2, 0.25) is 0 Å². The van der Waals surface area contributed by atoms with Crippen molar-refractivity contribution in [1.82, 2.24) is 20.1 Å². The highest BCUT2D eigenvalue weighted by Crippen LogP contribution is 2.30. The number of rotatable bonds is 6. The van der Waals surface area contributed by atoms with E-state index < -0.39 is 0 Å². The molecule has 0 aromatic carbocycles. The Balaban J connectivity index is 2.02. The lowest BCUT2D eigenvalue weighted by Gasteiger charge is -2.24.